The third-order valence-corrected chi connectivity index (χ3v) is 8.08. The molecule has 0 N–H and O–H groups in total. The van der Waals surface area contributed by atoms with E-state index in [0.29, 0.717) is 21.3 Å². The van der Waals surface area contributed by atoms with Crippen LogP contribution in [0.15, 0.2) is 9.70 Å². The molecule has 9 heteroatoms. The molecule has 0 radical (unpaired) electrons. The molecule has 170 valence electrons. The summed E-state index contributed by atoms with van der Waals surface area (Å²) in [6, 6.07) is 2.28. The number of rotatable bonds is 4. The highest BCUT2D eigenvalue weighted by Gasteiger charge is 2.38. The van der Waals surface area contributed by atoms with Crippen LogP contribution in [0.25, 0.3) is 6.08 Å². The van der Waals surface area contributed by atoms with E-state index in [1.54, 1.807) is 9.47 Å². The first kappa shape index (κ1) is 23.0. The number of likely N-dealkylation sites (N-methyl/N-ethyl adjacent to an activating group) is 1. The lowest BCUT2D eigenvalue weighted by Crippen LogP contribution is -2.47. The highest BCUT2D eigenvalue weighted by molar-refractivity contribution is 8.26. The van der Waals surface area contributed by atoms with Crippen LogP contribution in [0.4, 0.5) is 5.82 Å². The Morgan fingerprint density at radius 1 is 1.19 bits per heavy atom. The van der Waals surface area contributed by atoms with Gasteiger partial charge in [-0.05, 0) is 45.4 Å². The predicted molar refractivity (Wildman–Crippen MR) is 133 cm³/mol. The van der Waals surface area contributed by atoms with E-state index < -0.39 is 0 Å². The number of carbonyl (C=O) groups is 1. The lowest BCUT2D eigenvalue weighted by atomic mass is 10.0. The Hall–Kier alpha value is -2.15. The molecule has 32 heavy (non-hydrogen) atoms. The fraction of sp³-hybridized carbons (Fsp3) is 0.565. The van der Waals surface area contributed by atoms with Gasteiger partial charge in [0.2, 0.25) is 0 Å². The summed E-state index contributed by atoms with van der Waals surface area (Å²) in [6.45, 7) is 7.53. The number of thiocarbonyl (C=S) groups is 1. The normalized spacial score (nSPS) is 21.8. The van der Waals surface area contributed by atoms with Crippen LogP contribution in [0.5, 0.6) is 0 Å². The number of hydrogen-bond acceptors (Lipinski definition) is 7. The number of nitrogens with zero attached hydrogens (tertiary/aromatic N) is 5. The van der Waals surface area contributed by atoms with E-state index in [-0.39, 0.29) is 23.1 Å². The number of thioether (sulfide) groups is 1. The van der Waals surface area contributed by atoms with Gasteiger partial charge >= 0.3 is 0 Å². The highest BCUT2D eigenvalue weighted by Crippen LogP contribution is 2.39. The maximum Gasteiger partial charge on any atom is 0.270 e. The fourth-order valence-corrected chi connectivity index (χ4v) is 6.27. The molecule has 3 fully saturated rings. The topological polar surface area (TPSA) is 72.6 Å². The SMILES string of the molecule is CCn1c(N2CCN(C)CC2)c(C=C2SC(=S)N(C3CCCC3)C2=O)c(C)c(C#N)c1=O. The molecule has 1 aromatic heterocycles. The van der Waals surface area contributed by atoms with E-state index in [9.17, 15) is 14.9 Å². The second-order valence-electron chi connectivity index (χ2n) is 8.68. The molecule has 1 saturated carbocycles. The number of piperazine rings is 1. The van der Waals surface area contributed by atoms with Crippen molar-refractivity contribution >= 4 is 46.1 Å². The number of nitriles is 1. The van der Waals surface area contributed by atoms with Gasteiger partial charge in [0.15, 0.2) is 0 Å². The number of pyridine rings is 1. The molecule has 0 spiro atoms. The molecular weight excluding hydrogens is 442 g/mol. The molecule has 1 amide bonds. The maximum absolute atomic E-state index is 13.3. The molecule has 0 atom stereocenters. The molecule has 0 bridgehead atoms. The van der Waals surface area contributed by atoms with Gasteiger partial charge < -0.3 is 9.80 Å². The van der Waals surface area contributed by atoms with Gasteiger partial charge in [-0.15, -0.1) is 0 Å². The first-order valence-corrected chi connectivity index (χ1v) is 12.5. The van der Waals surface area contributed by atoms with Crippen LogP contribution >= 0.6 is 24.0 Å². The first-order valence-electron chi connectivity index (χ1n) is 11.2. The quantitative estimate of drug-likeness (QED) is 0.494. The molecule has 2 saturated heterocycles. The molecule has 3 heterocycles. The maximum atomic E-state index is 13.3. The number of hydrogen-bond donors (Lipinski definition) is 0. The smallest absolute Gasteiger partial charge is 0.270 e. The van der Waals surface area contributed by atoms with Gasteiger partial charge in [0.25, 0.3) is 11.5 Å². The van der Waals surface area contributed by atoms with E-state index in [1.165, 1.54) is 11.8 Å². The molecule has 0 aromatic carbocycles. The number of carbonyl (C=O) groups excluding carboxylic acids is 1. The van der Waals surface area contributed by atoms with Gasteiger partial charge in [-0.3, -0.25) is 19.1 Å². The van der Waals surface area contributed by atoms with E-state index in [0.717, 1.165) is 63.2 Å². The lowest BCUT2D eigenvalue weighted by molar-refractivity contribution is -0.123. The standard InChI is InChI=1S/C23H29N5O2S2/c1-4-27-20(26-11-9-25(3)10-12-26)17(15(2)18(14-24)21(27)29)13-19-22(30)28(23(31)32-19)16-7-5-6-8-16/h13,16H,4-12H2,1-3H3. The lowest BCUT2D eigenvalue weighted by Gasteiger charge is -2.36. The summed E-state index contributed by atoms with van der Waals surface area (Å²) in [5, 5.41) is 9.71. The summed E-state index contributed by atoms with van der Waals surface area (Å²) in [4.78, 5) is 33.2. The number of anilines is 1. The van der Waals surface area contributed by atoms with Crippen molar-refractivity contribution in [1.82, 2.24) is 14.4 Å². The van der Waals surface area contributed by atoms with Gasteiger partial charge in [-0.1, -0.05) is 36.8 Å². The molecule has 7 nitrogen and oxygen atoms in total. The van der Waals surface area contributed by atoms with E-state index in [4.69, 9.17) is 12.2 Å². The van der Waals surface area contributed by atoms with Crippen molar-refractivity contribution < 1.29 is 4.79 Å². The Labute approximate surface area is 198 Å². The van der Waals surface area contributed by atoms with Gasteiger partial charge in [0.05, 0.1) is 4.91 Å². The van der Waals surface area contributed by atoms with Crippen molar-refractivity contribution in [2.45, 2.75) is 52.1 Å². The number of amides is 1. The monoisotopic (exact) mass is 471 g/mol. The van der Waals surface area contributed by atoms with Gasteiger partial charge in [0.1, 0.15) is 21.8 Å². The minimum Gasteiger partial charge on any atom is -0.355 e. The molecule has 2 aliphatic heterocycles. The Balaban J connectivity index is 1.84. The van der Waals surface area contributed by atoms with Crippen LogP contribution in [-0.2, 0) is 11.3 Å². The Bertz CT molecular complexity index is 1070. The number of aromatic nitrogens is 1. The summed E-state index contributed by atoms with van der Waals surface area (Å²) < 4.78 is 2.29. The van der Waals surface area contributed by atoms with E-state index >= 15 is 0 Å². The Kier molecular flexibility index (Phi) is 6.75. The summed E-state index contributed by atoms with van der Waals surface area (Å²) >= 11 is 6.90. The van der Waals surface area contributed by atoms with Crippen LogP contribution in [-0.4, -0.2) is 63.9 Å². The molecule has 3 aliphatic rings. The molecule has 0 unspecified atom stereocenters. The van der Waals surface area contributed by atoms with Crippen LogP contribution in [0, 0.1) is 18.3 Å². The summed E-state index contributed by atoms with van der Waals surface area (Å²) in [7, 11) is 2.09. The van der Waals surface area contributed by atoms with Gasteiger partial charge in [-0.2, -0.15) is 5.26 Å². The van der Waals surface area contributed by atoms with Crippen molar-refractivity contribution in [3.05, 3.63) is 31.9 Å². The average Bonchev–Trinajstić information content (AvgIpc) is 3.38. The van der Waals surface area contributed by atoms with Crippen molar-refractivity contribution in [1.29, 1.82) is 5.26 Å². The van der Waals surface area contributed by atoms with Crippen LogP contribution in [0.3, 0.4) is 0 Å². The zero-order valence-corrected chi connectivity index (χ0v) is 20.5. The summed E-state index contributed by atoms with van der Waals surface area (Å²) in [6.07, 6.45) is 6.10. The average molecular weight is 472 g/mol. The predicted octanol–water partition coefficient (Wildman–Crippen LogP) is 2.94. The highest BCUT2D eigenvalue weighted by atomic mass is 32.2. The summed E-state index contributed by atoms with van der Waals surface area (Å²) in [5.74, 6) is 0.747. The minimum atomic E-state index is -0.267. The van der Waals surface area contributed by atoms with Gasteiger partial charge in [-0.25, -0.2) is 0 Å². The van der Waals surface area contributed by atoms with Crippen LogP contribution in [0.1, 0.15) is 49.3 Å². The summed E-state index contributed by atoms with van der Waals surface area (Å²) in [5.41, 5.74) is 1.28. The van der Waals surface area contributed by atoms with Gasteiger partial charge in [0, 0.05) is 44.3 Å². The van der Waals surface area contributed by atoms with E-state index in [1.807, 2.05) is 19.9 Å². The third kappa shape index (κ3) is 4.00. The fourth-order valence-electron chi connectivity index (χ4n) is 4.88. The van der Waals surface area contributed by atoms with Crippen molar-refractivity contribution in [3.8, 4) is 6.07 Å². The molecule has 4 rings (SSSR count). The zero-order chi connectivity index (χ0) is 23.0. The largest absolute Gasteiger partial charge is 0.355 e. The third-order valence-electron chi connectivity index (χ3n) is 6.75. The second kappa shape index (κ2) is 9.38. The Morgan fingerprint density at radius 2 is 1.84 bits per heavy atom. The second-order valence-corrected chi connectivity index (χ2v) is 10.4. The van der Waals surface area contributed by atoms with Crippen LogP contribution < -0.4 is 10.5 Å². The van der Waals surface area contributed by atoms with Crippen molar-refractivity contribution in [3.63, 3.8) is 0 Å². The van der Waals surface area contributed by atoms with Crippen molar-refractivity contribution in [2.24, 2.45) is 0 Å². The molecule has 1 aromatic rings. The van der Waals surface area contributed by atoms with Crippen LogP contribution in [0.2, 0.25) is 0 Å². The van der Waals surface area contributed by atoms with E-state index in [2.05, 4.69) is 22.9 Å². The molecule has 1 aliphatic carbocycles. The first-order chi connectivity index (χ1) is 15.4. The minimum absolute atomic E-state index is 0.0524. The Morgan fingerprint density at radius 3 is 2.44 bits per heavy atom. The zero-order valence-electron chi connectivity index (χ0n) is 18.9. The van der Waals surface area contributed by atoms with Crippen molar-refractivity contribution in [2.75, 3.05) is 38.1 Å². The molecular formula is C23H29N5O2S2.